The number of nitrogens with zero attached hydrogens (tertiary/aromatic N) is 2. The van der Waals surface area contributed by atoms with Crippen molar-refractivity contribution in [1.82, 2.24) is 15.5 Å². The van der Waals surface area contributed by atoms with E-state index in [2.05, 4.69) is 20.8 Å². The molecule has 0 bridgehead atoms. The summed E-state index contributed by atoms with van der Waals surface area (Å²) in [6.45, 7) is 0.959. The van der Waals surface area contributed by atoms with Crippen molar-refractivity contribution in [2.45, 2.75) is 6.61 Å². The van der Waals surface area contributed by atoms with Crippen LogP contribution in [-0.4, -0.2) is 42.3 Å². The Balaban J connectivity index is 1.52. The van der Waals surface area contributed by atoms with Gasteiger partial charge in [-0.25, -0.2) is 4.39 Å². The zero-order valence-corrected chi connectivity index (χ0v) is 16.9. The minimum Gasteiger partial charge on any atom is -0.486 e. The highest BCUT2D eigenvalue weighted by molar-refractivity contribution is 7.13. The number of amides is 2. The highest BCUT2D eigenvalue weighted by atomic mass is 32.1. The van der Waals surface area contributed by atoms with Crippen molar-refractivity contribution in [2.75, 3.05) is 25.6 Å². The molecule has 156 valence electrons. The number of anilines is 1. The van der Waals surface area contributed by atoms with Crippen molar-refractivity contribution in [2.24, 2.45) is 0 Å². The van der Waals surface area contributed by atoms with Crippen molar-refractivity contribution < 1.29 is 23.5 Å². The monoisotopic (exact) mass is 430 g/mol. The molecule has 2 amide bonds. The van der Waals surface area contributed by atoms with E-state index in [9.17, 15) is 14.0 Å². The van der Waals surface area contributed by atoms with Gasteiger partial charge in [0.05, 0.1) is 6.61 Å². The van der Waals surface area contributed by atoms with Gasteiger partial charge in [0.2, 0.25) is 5.01 Å². The maximum absolute atomic E-state index is 12.9. The normalized spacial score (nSPS) is 10.5. The molecule has 10 heteroatoms. The Labute approximate surface area is 176 Å². The van der Waals surface area contributed by atoms with Crippen LogP contribution in [0.4, 0.5) is 10.1 Å². The predicted molar refractivity (Wildman–Crippen MR) is 109 cm³/mol. The van der Waals surface area contributed by atoms with Crippen LogP contribution < -0.4 is 15.4 Å². The lowest BCUT2D eigenvalue weighted by molar-refractivity contribution is 0.0936. The third kappa shape index (κ3) is 6.06. The van der Waals surface area contributed by atoms with E-state index in [1.54, 1.807) is 31.4 Å². The average molecular weight is 430 g/mol. The number of hydrogen-bond donors (Lipinski definition) is 2. The first-order valence-corrected chi connectivity index (χ1v) is 9.76. The molecular weight excluding hydrogens is 411 g/mol. The van der Waals surface area contributed by atoms with Crippen molar-refractivity contribution in [3.8, 4) is 5.75 Å². The van der Waals surface area contributed by atoms with Crippen LogP contribution in [0.5, 0.6) is 5.75 Å². The molecule has 0 aliphatic carbocycles. The van der Waals surface area contributed by atoms with Crippen molar-refractivity contribution in [1.29, 1.82) is 0 Å². The van der Waals surface area contributed by atoms with Gasteiger partial charge in [0, 0.05) is 24.9 Å². The molecule has 0 saturated heterocycles. The molecule has 0 radical (unpaired) electrons. The fourth-order valence-electron chi connectivity index (χ4n) is 2.34. The zero-order valence-electron chi connectivity index (χ0n) is 16.1. The topological polar surface area (TPSA) is 102 Å². The SMILES string of the molecule is COCCNC(=O)c1ccc(NC(=O)c2nnc(COc3ccc(F)cc3)s2)cc1. The van der Waals surface area contributed by atoms with Crippen molar-refractivity contribution in [3.63, 3.8) is 0 Å². The number of ether oxygens (including phenoxy) is 2. The fraction of sp³-hybridized carbons (Fsp3) is 0.200. The van der Waals surface area contributed by atoms with Crippen LogP contribution in [0.3, 0.4) is 0 Å². The van der Waals surface area contributed by atoms with E-state index in [0.717, 1.165) is 11.3 Å². The molecule has 1 heterocycles. The van der Waals surface area contributed by atoms with Gasteiger partial charge in [0.1, 0.15) is 18.2 Å². The molecule has 0 atom stereocenters. The Morgan fingerprint density at radius 1 is 1.03 bits per heavy atom. The molecule has 30 heavy (non-hydrogen) atoms. The minimum absolute atomic E-state index is 0.115. The van der Waals surface area contributed by atoms with E-state index in [0.29, 0.717) is 35.2 Å². The van der Waals surface area contributed by atoms with Crippen molar-refractivity contribution in [3.05, 3.63) is 69.9 Å². The Hall–Kier alpha value is -3.37. The zero-order chi connectivity index (χ0) is 21.3. The minimum atomic E-state index is -0.419. The number of methoxy groups -OCH3 is 1. The van der Waals surface area contributed by atoms with E-state index in [1.807, 2.05) is 0 Å². The second-order valence-electron chi connectivity index (χ2n) is 6.02. The maximum Gasteiger partial charge on any atom is 0.286 e. The predicted octanol–water partition coefficient (Wildman–Crippen LogP) is 2.88. The summed E-state index contributed by atoms with van der Waals surface area (Å²) in [7, 11) is 1.56. The van der Waals surface area contributed by atoms with Gasteiger partial charge in [-0.05, 0) is 48.5 Å². The molecule has 0 unspecified atom stereocenters. The number of nitrogens with one attached hydrogen (secondary N) is 2. The van der Waals surface area contributed by atoms with Crippen LogP contribution in [0.2, 0.25) is 0 Å². The number of halogens is 1. The molecule has 0 saturated carbocycles. The summed E-state index contributed by atoms with van der Waals surface area (Å²) in [5, 5.41) is 13.9. The number of carbonyl (C=O) groups excluding carboxylic acids is 2. The number of carbonyl (C=O) groups is 2. The summed E-state index contributed by atoms with van der Waals surface area (Å²) < 4.78 is 23.3. The van der Waals surface area contributed by atoms with E-state index >= 15 is 0 Å². The first-order chi connectivity index (χ1) is 14.5. The molecule has 0 aliphatic rings. The van der Waals surface area contributed by atoms with Gasteiger partial charge in [-0.2, -0.15) is 0 Å². The standard InChI is InChI=1S/C20H19FN4O4S/c1-28-11-10-22-18(26)13-2-6-15(7-3-13)23-19(27)20-25-24-17(30-20)12-29-16-8-4-14(21)5-9-16/h2-9H,10-12H2,1H3,(H,22,26)(H,23,27). The number of aromatic nitrogens is 2. The molecule has 1 aromatic heterocycles. The number of rotatable bonds is 9. The summed E-state index contributed by atoms with van der Waals surface area (Å²) >= 11 is 1.09. The lowest BCUT2D eigenvalue weighted by Crippen LogP contribution is -2.26. The lowest BCUT2D eigenvalue weighted by Gasteiger charge is -2.06. The van der Waals surface area contributed by atoms with Gasteiger partial charge in [-0.15, -0.1) is 10.2 Å². The van der Waals surface area contributed by atoms with E-state index in [4.69, 9.17) is 9.47 Å². The Bertz CT molecular complexity index is 993. The molecule has 0 fully saturated rings. The lowest BCUT2D eigenvalue weighted by atomic mass is 10.2. The molecule has 0 aliphatic heterocycles. The van der Waals surface area contributed by atoms with Crippen LogP contribution in [0, 0.1) is 5.82 Å². The summed E-state index contributed by atoms with van der Waals surface area (Å²) in [5.74, 6) is -0.501. The van der Waals surface area contributed by atoms with Gasteiger partial charge in [0.25, 0.3) is 11.8 Å². The Morgan fingerprint density at radius 2 is 1.77 bits per heavy atom. The first kappa shape index (κ1) is 21.3. The highest BCUT2D eigenvalue weighted by Gasteiger charge is 2.14. The van der Waals surface area contributed by atoms with Crippen LogP contribution in [0.25, 0.3) is 0 Å². The highest BCUT2D eigenvalue weighted by Crippen LogP contribution is 2.17. The smallest absolute Gasteiger partial charge is 0.286 e. The van der Waals surface area contributed by atoms with Gasteiger partial charge >= 0.3 is 0 Å². The quantitative estimate of drug-likeness (QED) is 0.506. The van der Waals surface area contributed by atoms with Crippen LogP contribution >= 0.6 is 11.3 Å². The molecule has 3 rings (SSSR count). The summed E-state index contributed by atoms with van der Waals surface area (Å²) in [4.78, 5) is 24.3. The Morgan fingerprint density at radius 3 is 2.47 bits per heavy atom. The van der Waals surface area contributed by atoms with Crippen LogP contribution in [-0.2, 0) is 11.3 Å². The second-order valence-corrected chi connectivity index (χ2v) is 7.09. The van der Waals surface area contributed by atoms with Crippen LogP contribution in [0.15, 0.2) is 48.5 Å². The largest absolute Gasteiger partial charge is 0.486 e. The molecular formula is C20H19FN4O4S. The second kappa shape index (κ2) is 10.4. The van der Waals surface area contributed by atoms with Gasteiger partial charge in [0.15, 0.2) is 5.01 Å². The van der Waals surface area contributed by atoms with Crippen LogP contribution in [0.1, 0.15) is 25.2 Å². The van der Waals surface area contributed by atoms with Gasteiger partial charge in [-0.1, -0.05) is 11.3 Å². The summed E-state index contributed by atoms with van der Waals surface area (Å²) in [6, 6.07) is 12.1. The van der Waals surface area contributed by atoms with E-state index in [-0.39, 0.29) is 23.3 Å². The Kier molecular flexibility index (Phi) is 7.41. The summed E-state index contributed by atoms with van der Waals surface area (Å²) in [6.07, 6.45) is 0. The third-order valence-electron chi connectivity index (χ3n) is 3.83. The molecule has 8 nitrogen and oxygen atoms in total. The summed E-state index contributed by atoms with van der Waals surface area (Å²) in [5.41, 5.74) is 0.994. The molecule has 2 N–H and O–H groups in total. The third-order valence-corrected chi connectivity index (χ3v) is 4.73. The molecule has 3 aromatic rings. The fourth-order valence-corrected chi connectivity index (χ4v) is 2.99. The maximum atomic E-state index is 12.9. The van der Waals surface area contributed by atoms with Gasteiger partial charge < -0.3 is 20.1 Å². The molecule has 0 spiro atoms. The molecule has 2 aromatic carbocycles. The average Bonchev–Trinajstić information content (AvgIpc) is 3.23. The van der Waals surface area contributed by atoms with E-state index in [1.165, 1.54) is 24.3 Å². The first-order valence-electron chi connectivity index (χ1n) is 8.94. The van der Waals surface area contributed by atoms with Crippen molar-refractivity contribution >= 4 is 28.8 Å². The number of hydrogen-bond acceptors (Lipinski definition) is 7. The van der Waals surface area contributed by atoms with Gasteiger partial charge in [-0.3, -0.25) is 9.59 Å². The number of benzene rings is 2. The van der Waals surface area contributed by atoms with E-state index < -0.39 is 5.91 Å².